The Hall–Kier alpha value is -3.82. The van der Waals surface area contributed by atoms with Gasteiger partial charge in [-0.3, -0.25) is 19.6 Å². The second-order valence-corrected chi connectivity index (χ2v) is 6.48. The van der Waals surface area contributed by atoms with Gasteiger partial charge in [0.2, 0.25) is 5.91 Å². The van der Waals surface area contributed by atoms with Crippen molar-refractivity contribution in [1.29, 1.82) is 0 Å². The van der Waals surface area contributed by atoms with Crippen molar-refractivity contribution in [1.82, 2.24) is 19.7 Å². The summed E-state index contributed by atoms with van der Waals surface area (Å²) in [5.74, 6) is -0.354. The molecular formula is C20H21N6O4. The fourth-order valence-corrected chi connectivity index (χ4v) is 3.02. The molecule has 1 aromatic carbocycles. The van der Waals surface area contributed by atoms with E-state index in [1.165, 1.54) is 24.5 Å². The highest BCUT2D eigenvalue weighted by Crippen LogP contribution is 2.39. The molecule has 0 aliphatic heterocycles. The SMILES string of the molecule is [CH2]CCOc1cc(C(N)=O)cc(-c2cnc(-c3cc(C)nn3CC)nc2)c1[N+](=O)[O-]. The molecule has 3 rings (SSSR count). The molecule has 155 valence electrons. The van der Waals surface area contributed by atoms with E-state index in [4.69, 9.17) is 10.5 Å². The summed E-state index contributed by atoms with van der Waals surface area (Å²) in [5.41, 5.74) is 7.25. The van der Waals surface area contributed by atoms with E-state index in [1.54, 1.807) is 4.68 Å². The predicted molar refractivity (Wildman–Crippen MR) is 110 cm³/mol. The maximum absolute atomic E-state index is 11.8. The lowest BCUT2D eigenvalue weighted by Crippen LogP contribution is -2.12. The van der Waals surface area contributed by atoms with Gasteiger partial charge in [0.05, 0.1) is 22.8 Å². The molecule has 0 bridgehead atoms. The number of primary amides is 1. The first-order valence-electron chi connectivity index (χ1n) is 9.27. The first kappa shape index (κ1) is 20.9. The Morgan fingerprint density at radius 2 is 2.00 bits per heavy atom. The summed E-state index contributed by atoms with van der Waals surface area (Å²) in [7, 11) is 0. The highest BCUT2D eigenvalue weighted by Gasteiger charge is 2.26. The molecule has 10 nitrogen and oxygen atoms in total. The number of aryl methyl sites for hydroxylation is 2. The third kappa shape index (κ3) is 4.12. The van der Waals surface area contributed by atoms with Gasteiger partial charge in [-0.25, -0.2) is 9.97 Å². The van der Waals surface area contributed by atoms with Crippen LogP contribution in [0.25, 0.3) is 22.6 Å². The van der Waals surface area contributed by atoms with Crippen LogP contribution in [-0.2, 0) is 6.54 Å². The number of amides is 1. The van der Waals surface area contributed by atoms with Gasteiger partial charge in [-0.05, 0) is 39.3 Å². The van der Waals surface area contributed by atoms with Crippen molar-refractivity contribution < 1.29 is 14.5 Å². The van der Waals surface area contributed by atoms with E-state index in [0.29, 0.717) is 24.4 Å². The van der Waals surface area contributed by atoms with Gasteiger partial charge in [-0.15, -0.1) is 0 Å². The molecular weight excluding hydrogens is 388 g/mol. The zero-order valence-corrected chi connectivity index (χ0v) is 16.7. The number of ether oxygens (including phenoxy) is 1. The molecule has 0 aliphatic carbocycles. The van der Waals surface area contributed by atoms with E-state index in [0.717, 1.165) is 11.4 Å². The highest BCUT2D eigenvalue weighted by atomic mass is 16.6. The Morgan fingerprint density at radius 3 is 2.57 bits per heavy atom. The molecule has 10 heteroatoms. The van der Waals surface area contributed by atoms with Crippen molar-refractivity contribution in [2.24, 2.45) is 5.73 Å². The Bertz CT molecular complexity index is 1090. The van der Waals surface area contributed by atoms with Crippen LogP contribution in [-0.4, -0.2) is 37.2 Å². The van der Waals surface area contributed by atoms with Crippen LogP contribution >= 0.6 is 0 Å². The number of carbonyl (C=O) groups excluding carboxylic acids is 1. The van der Waals surface area contributed by atoms with Crippen LogP contribution < -0.4 is 10.5 Å². The first-order chi connectivity index (χ1) is 14.3. The minimum atomic E-state index is -0.731. The van der Waals surface area contributed by atoms with Gasteiger partial charge in [-0.1, -0.05) is 0 Å². The van der Waals surface area contributed by atoms with Crippen LogP contribution in [0.2, 0.25) is 0 Å². The van der Waals surface area contributed by atoms with Gasteiger partial charge in [0.25, 0.3) is 0 Å². The zero-order chi connectivity index (χ0) is 21.8. The topological polar surface area (TPSA) is 139 Å². The normalized spacial score (nSPS) is 10.8. The van der Waals surface area contributed by atoms with Gasteiger partial charge in [0, 0.05) is 36.1 Å². The highest BCUT2D eigenvalue weighted by molar-refractivity contribution is 5.96. The summed E-state index contributed by atoms with van der Waals surface area (Å²) >= 11 is 0. The number of aromatic nitrogens is 4. The van der Waals surface area contributed by atoms with E-state index in [9.17, 15) is 14.9 Å². The van der Waals surface area contributed by atoms with Gasteiger partial charge >= 0.3 is 5.69 Å². The van der Waals surface area contributed by atoms with E-state index in [1.807, 2.05) is 19.9 Å². The van der Waals surface area contributed by atoms with Crippen molar-refractivity contribution in [3.63, 3.8) is 0 Å². The quantitative estimate of drug-likeness (QED) is 0.445. The summed E-state index contributed by atoms with van der Waals surface area (Å²) in [4.78, 5) is 31.7. The number of nitrogens with zero attached hydrogens (tertiary/aromatic N) is 5. The molecule has 1 radical (unpaired) electrons. The minimum Gasteiger partial charge on any atom is -0.487 e. The van der Waals surface area contributed by atoms with Crippen LogP contribution in [0.4, 0.5) is 5.69 Å². The summed E-state index contributed by atoms with van der Waals surface area (Å²) in [6.07, 6.45) is 3.32. The minimum absolute atomic E-state index is 0.0567. The molecule has 1 amide bonds. The van der Waals surface area contributed by atoms with Crippen LogP contribution in [0, 0.1) is 24.0 Å². The zero-order valence-electron chi connectivity index (χ0n) is 16.7. The van der Waals surface area contributed by atoms with Crippen molar-refractivity contribution in [2.75, 3.05) is 6.61 Å². The standard InChI is InChI=1S/C20H21N6O4/c1-4-6-30-17-9-13(19(21)27)8-15(18(17)26(28)29)14-10-22-20(23-11-14)16-7-12(3)24-25(16)5-2/h7-11H,1,4-6H2,2-3H3,(H2,21,27). The Labute approximate surface area is 172 Å². The summed E-state index contributed by atoms with van der Waals surface area (Å²) in [5, 5.41) is 16.1. The van der Waals surface area contributed by atoms with Crippen molar-refractivity contribution >= 4 is 11.6 Å². The number of nitro benzene ring substituents is 1. The van der Waals surface area contributed by atoms with Crippen LogP contribution in [0.5, 0.6) is 5.75 Å². The summed E-state index contributed by atoms with van der Waals surface area (Å²) < 4.78 is 7.23. The van der Waals surface area contributed by atoms with Crippen LogP contribution in [0.15, 0.2) is 30.6 Å². The smallest absolute Gasteiger partial charge is 0.318 e. The van der Waals surface area contributed by atoms with Gasteiger partial charge in [0.15, 0.2) is 11.6 Å². The number of carbonyl (C=O) groups is 1. The van der Waals surface area contributed by atoms with Gasteiger partial charge in [-0.2, -0.15) is 5.10 Å². The van der Waals surface area contributed by atoms with Crippen molar-refractivity contribution in [2.45, 2.75) is 26.8 Å². The summed E-state index contributed by atoms with van der Waals surface area (Å²) in [6, 6.07) is 4.47. The average Bonchev–Trinajstić information content (AvgIpc) is 3.12. The number of rotatable bonds is 8. The van der Waals surface area contributed by atoms with E-state index >= 15 is 0 Å². The van der Waals surface area contributed by atoms with Crippen molar-refractivity contribution in [3.05, 3.63) is 58.9 Å². The fourth-order valence-electron chi connectivity index (χ4n) is 3.02. The Kier molecular flexibility index (Phi) is 6.05. The molecule has 2 aromatic heterocycles. The molecule has 0 aliphatic rings. The van der Waals surface area contributed by atoms with Gasteiger partial charge in [0.1, 0.15) is 5.69 Å². The monoisotopic (exact) mass is 409 g/mol. The van der Waals surface area contributed by atoms with Gasteiger partial charge < -0.3 is 10.5 Å². The average molecular weight is 409 g/mol. The van der Waals surface area contributed by atoms with Crippen molar-refractivity contribution in [3.8, 4) is 28.4 Å². The van der Waals surface area contributed by atoms with E-state index in [-0.39, 0.29) is 29.2 Å². The summed E-state index contributed by atoms with van der Waals surface area (Å²) in [6.45, 7) is 8.28. The lowest BCUT2D eigenvalue weighted by atomic mass is 10.0. The number of nitro groups is 1. The molecule has 0 saturated heterocycles. The van der Waals surface area contributed by atoms with Crippen LogP contribution in [0.3, 0.4) is 0 Å². The van der Waals surface area contributed by atoms with E-state index in [2.05, 4.69) is 22.0 Å². The molecule has 0 atom stereocenters. The molecule has 2 N–H and O–H groups in total. The van der Waals surface area contributed by atoms with Crippen LogP contribution in [0.1, 0.15) is 29.4 Å². The largest absolute Gasteiger partial charge is 0.487 e. The number of hydrogen-bond acceptors (Lipinski definition) is 7. The number of nitrogens with two attached hydrogens (primary N) is 1. The molecule has 0 saturated carbocycles. The lowest BCUT2D eigenvalue weighted by Gasteiger charge is -2.11. The second kappa shape index (κ2) is 8.68. The predicted octanol–water partition coefficient (Wildman–Crippen LogP) is 2.95. The molecule has 2 heterocycles. The third-order valence-corrected chi connectivity index (χ3v) is 4.34. The lowest BCUT2D eigenvalue weighted by molar-refractivity contribution is -0.385. The maximum atomic E-state index is 11.8. The number of hydrogen-bond donors (Lipinski definition) is 1. The molecule has 0 fully saturated rings. The Balaban J connectivity index is 2.12. The molecule has 0 spiro atoms. The maximum Gasteiger partial charge on any atom is 0.318 e. The molecule has 30 heavy (non-hydrogen) atoms. The fraction of sp³-hybridized carbons (Fsp3) is 0.250. The van der Waals surface area contributed by atoms with E-state index < -0.39 is 10.8 Å². The Morgan fingerprint density at radius 1 is 1.30 bits per heavy atom. The first-order valence-corrected chi connectivity index (χ1v) is 9.27. The third-order valence-electron chi connectivity index (χ3n) is 4.34. The second-order valence-electron chi connectivity index (χ2n) is 6.48. The molecule has 0 unspecified atom stereocenters. The molecule has 3 aromatic rings. The number of benzene rings is 1.